The molecule has 0 radical (unpaired) electrons. The number of amides is 1. The van der Waals surface area contributed by atoms with E-state index in [4.69, 9.17) is 4.74 Å². The highest BCUT2D eigenvalue weighted by Gasteiger charge is 2.19. The number of hydrogen-bond donors (Lipinski definition) is 1. The second-order valence-corrected chi connectivity index (χ2v) is 7.91. The summed E-state index contributed by atoms with van der Waals surface area (Å²) in [4.78, 5) is 38.2. The van der Waals surface area contributed by atoms with Crippen LogP contribution < -0.4 is 10.9 Å². The maximum Gasteiger partial charge on any atom is 0.359 e. The van der Waals surface area contributed by atoms with E-state index in [1.807, 2.05) is 32.0 Å². The Labute approximate surface area is 193 Å². The number of ether oxygens (including phenoxy) is 1. The van der Waals surface area contributed by atoms with E-state index in [-0.39, 0.29) is 11.3 Å². The summed E-state index contributed by atoms with van der Waals surface area (Å²) in [6.07, 6.45) is 4.31. The van der Waals surface area contributed by atoms with E-state index < -0.39 is 18.5 Å². The second-order valence-electron chi connectivity index (χ2n) is 7.91. The third-order valence-electron chi connectivity index (χ3n) is 5.63. The van der Waals surface area contributed by atoms with Crippen molar-refractivity contribution >= 4 is 28.3 Å². The van der Waals surface area contributed by atoms with Crippen LogP contribution >= 0.6 is 0 Å². The lowest BCUT2D eigenvalue weighted by Gasteiger charge is -2.15. The SMILES string of the molecule is CCCCCn1nc(C(=O)OCC(=O)Nc2c(CC)cccc2CC)c2ccccc2c1=O. The summed E-state index contributed by atoms with van der Waals surface area (Å²) < 4.78 is 6.63. The molecule has 0 spiro atoms. The van der Waals surface area contributed by atoms with E-state index in [2.05, 4.69) is 17.3 Å². The first-order valence-electron chi connectivity index (χ1n) is 11.6. The molecule has 7 heteroatoms. The lowest BCUT2D eigenvalue weighted by Crippen LogP contribution is -2.28. The van der Waals surface area contributed by atoms with Crippen molar-refractivity contribution < 1.29 is 14.3 Å². The highest BCUT2D eigenvalue weighted by atomic mass is 16.5. The molecule has 0 unspecified atom stereocenters. The summed E-state index contributed by atoms with van der Waals surface area (Å²) in [6, 6.07) is 12.7. The number of anilines is 1. The Morgan fingerprint density at radius 1 is 0.939 bits per heavy atom. The quantitative estimate of drug-likeness (QED) is 0.363. The Morgan fingerprint density at radius 2 is 1.61 bits per heavy atom. The third kappa shape index (κ3) is 5.66. The largest absolute Gasteiger partial charge is 0.451 e. The van der Waals surface area contributed by atoms with Gasteiger partial charge in [-0.15, -0.1) is 0 Å². The molecule has 3 aromatic rings. The molecule has 33 heavy (non-hydrogen) atoms. The van der Waals surface area contributed by atoms with Crippen LogP contribution in [-0.4, -0.2) is 28.3 Å². The number of rotatable bonds is 10. The van der Waals surface area contributed by atoms with Gasteiger partial charge in [0.05, 0.1) is 5.39 Å². The molecular weight excluding hydrogens is 418 g/mol. The van der Waals surface area contributed by atoms with Crippen LogP contribution in [0.4, 0.5) is 5.69 Å². The number of nitrogens with one attached hydrogen (secondary N) is 1. The van der Waals surface area contributed by atoms with Gasteiger partial charge in [-0.3, -0.25) is 9.59 Å². The molecule has 0 aliphatic heterocycles. The number of aryl methyl sites for hydroxylation is 3. The maximum absolute atomic E-state index is 12.9. The Morgan fingerprint density at radius 3 is 2.24 bits per heavy atom. The van der Waals surface area contributed by atoms with E-state index >= 15 is 0 Å². The molecule has 7 nitrogen and oxygen atoms in total. The van der Waals surface area contributed by atoms with Gasteiger partial charge in [0.1, 0.15) is 0 Å². The molecule has 0 bridgehead atoms. The molecule has 1 aromatic heterocycles. The number of esters is 1. The van der Waals surface area contributed by atoms with Crippen LogP contribution in [0.3, 0.4) is 0 Å². The van der Waals surface area contributed by atoms with Crippen molar-refractivity contribution in [3.63, 3.8) is 0 Å². The maximum atomic E-state index is 12.9. The lowest BCUT2D eigenvalue weighted by molar-refractivity contribution is -0.119. The second kappa shape index (κ2) is 11.4. The molecule has 0 fully saturated rings. The molecule has 1 amide bonds. The van der Waals surface area contributed by atoms with E-state index in [0.717, 1.165) is 48.9 Å². The minimum atomic E-state index is -0.731. The van der Waals surface area contributed by atoms with Crippen molar-refractivity contribution in [1.29, 1.82) is 0 Å². The fraction of sp³-hybridized carbons (Fsp3) is 0.385. The molecular formula is C26H31N3O4. The summed E-state index contributed by atoms with van der Waals surface area (Å²) >= 11 is 0. The van der Waals surface area contributed by atoms with E-state index in [1.165, 1.54) is 4.68 Å². The first kappa shape index (κ1) is 24.2. The number of hydrogen-bond acceptors (Lipinski definition) is 5. The average Bonchev–Trinajstić information content (AvgIpc) is 2.84. The van der Waals surface area contributed by atoms with E-state index in [1.54, 1.807) is 24.3 Å². The van der Waals surface area contributed by atoms with Crippen LogP contribution in [-0.2, 0) is 28.9 Å². The van der Waals surface area contributed by atoms with Crippen LogP contribution in [0.25, 0.3) is 10.8 Å². The predicted octanol–water partition coefficient (Wildman–Crippen LogP) is 4.51. The molecule has 3 rings (SSSR count). The van der Waals surface area contributed by atoms with Crippen molar-refractivity contribution in [2.75, 3.05) is 11.9 Å². The minimum absolute atomic E-state index is 0.0395. The number of nitrogens with zero attached hydrogens (tertiary/aromatic N) is 2. The van der Waals surface area contributed by atoms with Crippen LogP contribution in [0.5, 0.6) is 0 Å². The third-order valence-corrected chi connectivity index (χ3v) is 5.63. The van der Waals surface area contributed by atoms with Gasteiger partial charge >= 0.3 is 5.97 Å². The molecule has 0 atom stereocenters. The Balaban J connectivity index is 1.79. The van der Waals surface area contributed by atoms with Crippen LogP contribution in [0, 0.1) is 0 Å². The predicted molar refractivity (Wildman–Crippen MR) is 130 cm³/mol. The molecule has 2 aromatic carbocycles. The number of aromatic nitrogens is 2. The number of benzene rings is 2. The summed E-state index contributed by atoms with van der Waals surface area (Å²) in [5.41, 5.74) is 2.63. The van der Waals surface area contributed by atoms with Crippen molar-refractivity contribution in [1.82, 2.24) is 9.78 Å². The van der Waals surface area contributed by atoms with Gasteiger partial charge in [0.25, 0.3) is 11.5 Å². The van der Waals surface area contributed by atoms with Crippen LogP contribution in [0.2, 0.25) is 0 Å². The summed E-state index contributed by atoms with van der Waals surface area (Å²) in [6.45, 7) is 6.11. The molecule has 1 N–H and O–H groups in total. The first-order valence-corrected chi connectivity index (χ1v) is 11.6. The van der Waals surface area contributed by atoms with Gasteiger partial charge in [0.2, 0.25) is 0 Å². The Kier molecular flexibility index (Phi) is 8.35. The van der Waals surface area contributed by atoms with Gasteiger partial charge in [0.15, 0.2) is 12.3 Å². The number of unbranched alkanes of at least 4 members (excludes halogenated alkanes) is 2. The first-order chi connectivity index (χ1) is 16.0. The molecule has 174 valence electrons. The molecule has 1 heterocycles. The Hall–Kier alpha value is -3.48. The van der Waals surface area contributed by atoms with E-state index in [0.29, 0.717) is 17.3 Å². The average molecular weight is 450 g/mol. The van der Waals surface area contributed by atoms with Crippen LogP contribution in [0.1, 0.15) is 61.6 Å². The van der Waals surface area contributed by atoms with Gasteiger partial charge in [-0.25, -0.2) is 9.48 Å². The summed E-state index contributed by atoms with van der Waals surface area (Å²) in [5.74, 6) is -1.15. The van der Waals surface area contributed by atoms with Gasteiger partial charge in [0, 0.05) is 17.6 Å². The van der Waals surface area contributed by atoms with Crippen molar-refractivity contribution in [3.8, 4) is 0 Å². The van der Waals surface area contributed by atoms with Gasteiger partial charge < -0.3 is 10.1 Å². The summed E-state index contributed by atoms with van der Waals surface area (Å²) in [5, 5.41) is 8.00. The van der Waals surface area contributed by atoms with Crippen molar-refractivity contribution in [2.45, 2.75) is 59.4 Å². The number of fused-ring (bicyclic) bond motifs is 1. The molecule has 0 aliphatic rings. The van der Waals surface area contributed by atoms with Gasteiger partial charge in [-0.2, -0.15) is 5.10 Å². The zero-order valence-electron chi connectivity index (χ0n) is 19.5. The fourth-order valence-corrected chi connectivity index (χ4v) is 3.83. The molecule has 0 aliphatic carbocycles. The zero-order chi connectivity index (χ0) is 23.8. The normalized spacial score (nSPS) is 10.9. The lowest BCUT2D eigenvalue weighted by atomic mass is 10.0. The minimum Gasteiger partial charge on any atom is -0.451 e. The van der Waals surface area contributed by atoms with Crippen molar-refractivity contribution in [3.05, 3.63) is 69.6 Å². The number of carbonyl (C=O) groups is 2. The fourth-order valence-electron chi connectivity index (χ4n) is 3.83. The Bertz CT molecular complexity index is 1180. The number of para-hydroxylation sites is 1. The van der Waals surface area contributed by atoms with Gasteiger partial charge in [-0.05, 0) is 36.5 Å². The highest BCUT2D eigenvalue weighted by molar-refractivity contribution is 6.03. The van der Waals surface area contributed by atoms with E-state index in [9.17, 15) is 14.4 Å². The van der Waals surface area contributed by atoms with Crippen molar-refractivity contribution in [2.24, 2.45) is 0 Å². The monoisotopic (exact) mass is 449 g/mol. The zero-order valence-corrected chi connectivity index (χ0v) is 19.5. The smallest absolute Gasteiger partial charge is 0.359 e. The number of carbonyl (C=O) groups excluding carboxylic acids is 2. The summed E-state index contributed by atoms with van der Waals surface area (Å²) in [7, 11) is 0. The van der Waals surface area contributed by atoms with Crippen LogP contribution in [0.15, 0.2) is 47.3 Å². The van der Waals surface area contributed by atoms with Gasteiger partial charge in [-0.1, -0.05) is 70.0 Å². The molecule has 0 saturated heterocycles. The highest BCUT2D eigenvalue weighted by Crippen LogP contribution is 2.22. The topological polar surface area (TPSA) is 90.3 Å². The molecule has 0 saturated carbocycles. The standard InChI is InChI=1S/C26H31N3O4/c1-4-7-10-16-29-25(31)21-15-9-8-14-20(21)24(28-29)26(32)33-17-22(30)27-23-18(5-2)12-11-13-19(23)6-3/h8-9,11-15H,4-7,10,16-17H2,1-3H3,(H,27,30).